The molecule has 0 heterocycles. The van der Waals surface area contributed by atoms with Gasteiger partial charge in [0.25, 0.3) is 0 Å². The molecule has 1 nitrogen and oxygen atoms in total. The summed E-state index contributed by atoms with van der Waals surface area (Å²) in [4.78, 5) is 0. The minimum atomic E-state index is -0.160. The maximum atomic E-state index is 12.9. The highest BCUT2D eigenvalue weighted by atomic mass is 19.1. The molecule has 0 N–H and O–H groups in total. The first-order chi connectivity index (χ1) is 7.77. The predicted octanol–water partition coefficient (Wildman–Crippen LogP) is 3.67. The summed E-state index contributed by atoms with van der Waals surface area (Å²) in [5.41, 5.74) is 1.36. The number of ether oxygens (including phenoxy) is 1. The van der Waals surface area contributed by atoms with Crippen molar-refractivity contribution in [1.82, 2.24) is 0 Å². The van der Waals surface area contributed by atoms with Gasteiger partial charge in [0.05, 0.1) is 6.61 Å². The Morgan fingerprint density at radius 1 is 1.12 bits per heavy atom. The Kier molecular flexibility index (Phi) is 3.59. The van der Waals surface area contributed by atoms with Crippen molar-refractivity contribution in [1.29, 1.82) is 0 Å². The standard InChI is InChI=1S/C14H19FO/c1-16-11-14(9-3-2-4-10-14)12-5-7-13(15)8-6-12/h5-8H,2-4,9-11H2,1H3. The molecule has 16 heavy (non-hydrogen) atoms. The van der Waals surface area contributed by atoms with Crippen molar-refractivity contribution in [3.8, 4) is 0 Å². The highest BCUT2D eigenvalue weighted by molar-refractivity contribution is 5.26. The van der Waals surface area contributed by atoms with Gasteiger partial charge in [-0.1, -0.05) is 31.4 Å². The maximum Gasteiger partial charge on any atom is 0.123 e. The van der Waals surface area contributed by atoms with Gasteiger partial charge in [0.2, 0.25) is 0 Å². The average Bonchev–Trinajstić information content (AvgIpc) is 2.31. The Labute approximate surface area is 96.6 Å². The third-order valence-electron chi connectivity index (χ3n) is 3.69. The van der Waals surface area contributed by atoms with E-state index < -0.39 is 0 Å². The van der Waals surface area contributed by atoms with Crippen LogP contribution in [0.5, 0.6) is 0 Å². The van der Waals surface area contributed by atoms with Crippen molar-refractivity contribution < 1.29 is 9.13 Å². The van der Waals surface area contributed by atoms with Crippen LogP contribution in [0.2, 0.25) is 0 Å². The van der Waals surface area contributed by atoms with Gasteiger partial charge in [0, 0.05) is 12.5 Å². The van der Waals surface area contributed by atoms with Crippen LogP contribution in [0.4, 0.5) is 4.39 Å². The summed E-state index contributed by atoms with van der Waals surface area (Å²) in [6.07, 6.45) is 6.13. The van der Waals surface area contributed by atoms with Crippen LogP contribution in [0, 0.1) is 5.82 Å². The maximum absolute atomic E-state index is 12.9. The lowest BCUT2D eigenvalue weighted by molar-refractivity contribution is 0.103. The molecular weight excluding hydrogens is 203 g/mol. The molecule has 0 aliphatic heterocycles. The fourth-order valence-electron chi connectivity index (χ4n) is 2.82. The monoisotopic (exact) mass is 222 g/mol. The Hall–Kier alpha value is -0.890. The second-order valence-corrected chi connectivity index (χ2v) is 4.78. The van der Waals surface area contributed by atoms with Crippen LogP contribution >= 0.6 is 0 Å². The number of methoxy groups -OCH3 is 1. The quantitative estimate of drug-likeness (QED) is 0.758. The van der Waals surface area contributed by atoms with Gasteiger partial charge in [0.15, 0.2) is 0 Å². The van der Waals surface area contributed by atoms with Crippen molar-refractivity contribution in [2.45, 2.75) is 37.5 Å². The van der Waals surface area contributed by atoms with Crippen LogP contribution in [-0.2, 0) is 10.2 Å². The van der Waals surface area contributed by atoms with E-state index in [1.807, 2.05) is 12.1 Å². The lowest BCUT2D eigenvalue weighted by Crippen LogP contribution is -2.33. The van der Waals surface area contributed by atoms with Crippen molar-refractivity contribution in [2.24, 2.45) is 0 Å². The van der Waals surface area contributed by atoms with Crippen molar-refractivity contribution >= 4 is 0 Å². The van der Waals surface area contributed by atoms with Crippen LogP contribution in [0.1, 0.15) is 37.7 Å². The van der Waals surface area contributed by atoms with E-state index >= 15 is 0 Å². The molecule has 0 atom stereocenters. The highest BCUT2D eigenvalue weighted by Gasteiger charge is 2.33. The van der Waals surface area contributed by atoms with Crippen LogP contribution in [0.25, 0.3) is 0 Å². The van der Waals surface area contributed by atoms with Crippen molar-refractivity contribution in [2.75, 3.05) is 13.7 Å². The third kappa shape index (κ3) is 2.27. The average molecular weight is 222 g/mol. The van der Waals surface area contributed by atoms with E-state index in [0.717, 1.165) is 19.4 Å². The Morgan fingerprint density at radius 2 is 1.75 bits per heavy atom. The van der Waals surface area contributed by atoms with E-state index in [-0.39, 0.29) is 11.2 Å². The zero-order valence-electron chi connectivity index (χ0n) is 9.84. The molecule has 0 radical (unpaired) electrons. The fourth-order valence-corrected chi connectivity index (χ4v) is 2.82. The smallest absolute Gasteiger partial charge is 0.123 e. The molecule has 2 rings (SSSR count). The topological polar surface area (TPSA) is 9.23 Å². The number of rotatable bonds is 3. The summed E-state index contributed by atoms with van der Waals surface area (Å²) in [6, 6.07) is 6.95. The fraction of sp³-hybridized carbons (Fsp3) is 0.571. The van der Waals surface area contributed by atoms with Crippen molar-refractivity contribution in [3.05, 3.63) is 35.6 Å². The second-order valence-electron chi connectivity index (χ2n) is 4.78. The van der Waals surface area contributed by atoms with Gasteiger partial charge in [-0.25, -0.2) is 4.39 Å². The van der Waals surface area contributed by atoms with Crippen LogP contribution in [0.3, 0.4) is 0 Å². The van der Waals surface area contributed by atoms with Crippen LogP contribution in [0.15, 0.2) is 24.3 Å². The molecule has 0 amide bonds. The summed E-state index contributed by atoms with van der Waals surface area (Å²) in [6.45, 7) is 0.749. The molecule has 1 aromatic rings. The number of hydrogen-bond donors (Lipinski definition) is 0. The summed E-state index contributed by atoms with van der Waals surface area (Å²) in [5.74, 6) is -0.160. The predicted molar refractivity (Wildman–Crippen MR) is 63.0 cm³/mol. The van der Waals surface area contributed by atoms with Gasteiger partial charge in [-0.15, -0.1) is 0 Å². The van der Waals surface area contributed by atoms with Gasteiger partial charge in [0.1, 0.15) is 5.82 Å². The lowest BCUT2D eigenvalue weighted by atomic mass is 9.70. The molecular formula is C14H19FO. The summed E-state index contributed by atoms with van der Waals surface area (Å²) in [5, 5.41) is 0. The second kappa shape index (κ2) is 4.96. The molecule has 2 heteroatoms. The normalized spacial score (nSPS) is 19.6. The third-order valence-corrected chi connectivity index (χ3v) is 3.69. The molecule has 1 aliphatic rings. The first-order valence-corrected chi connectivity index (χ1v) is 6.02. The molecule has 0 aromatic heterocycles. The first kappa shape index (κ1) is 11.6. The largest absolute Gasteiger partial charge is 0.384 e. The minimum Gasteiger partial charge on any atom is -0.384 e. The van der Waals surface area contributed by atoms with Crippen LogP contribution in [-0.4, -0.2) is 13.7 Å². The highest BCUT2D eigenvalue weighted by Crippen LogP contribution is 2.39. The zero-order valence-corrected chi connectivity index (χ0v) is 9.84. The summed E-state index contributed by atoms with van der Waals surface area (Å²) < 4.78 is 18.3. The molecule has 0 unspecified atom stereocenters. The van der Waals surface area contributed by atoms with Gasteiger partial charge in [-0.3, -0.25) is 0 Å². The van der Waals surface area contributed by atoms with E-state index in [9.17, 15) is 4.39 Å². The SMILES string of the molecule is COCC1(c2ccc(F)cc2)CCCCC1. The Balaban J connectivity index is 2.26. The summed E-state index contributed by atoms with van der Waals surface area (Å²) in [7, 11) is 1.75. The summed E-state index contributed by atoms with van der Waals surface area (Å²) >= 11 is 0. The van der Waals surface area contributed by atoms with E-state index in [1.165, 1.54) is 24.8 Å². The minimum absolute atomic E-state index is 0.126. The van der Waals surface area contributed by atoms with Gasteiger partial charge in [-0.05, 0) is 30.5 Å². The van der Waals surface area contributed by atoms with E-state index in [2.05, 4.69) is 0 Å². The van der Waals surface area contributed by atoms with Crippen molar-refractivity contribution in [3.63, 3.8) is 0 Å². The number of halogens is 1. The van der Waals surface area contributed by atoms with Gasteiger partial charge in [-0.2, -0.15) is 0 Å². The molecule has 1 aromatic carbocycles. The van der Waals surface area contributed by atoms with Gasteiger partial charge >= 0.3 is 0 Å². The molecule has 0 bridgehead atoms. The van der Waals surface area contributed by atoms with E-state index in [4.69, 9.17) is 4.74 Å². The van der Waals surface area contributed by atoms with E-state index in [1.54, 1.807) is 19.2 Å². The van der Waals surface area contributed by atoms with E-state index in [0.29, 0.717) is 0 Å². The molecule has 0 spiro atoms. The zero-order chi connectivity index (χ0) is 11.4. The first-order valence-electron chi connectivity index (χ1n) is 6.02. The molecule has 0 saturated heterocycles. The molecule has 1 saturated carbocycles. The molecule has 88 valence electrons. The lowest BCUT2D eigenvalue weighted by Gasteiger charge is -2.37. The Morgan fingerprint density at radius 3 is 2.31 bits per heavy atom. The Bertz CT molecular complexity index is 320. The number of hydrogen-bond acceptors (Lipinski definition) is 1. The van der Waals surface area contributed by atoms with Gasteiger partial charge < -0.3 is 4.74 Å². The van der Waals surface area contributed by atoms with Crippen LogP contribution < -0.4 is 0 Å². The number of benzene rings is 1. The molecule has 1 aliphatic carbocycles. The molecule has 1 fully saturated rings.